The van der Waals surface area contributed by atoms with Crippen molar-refractivity contribution in [3.63, 3.8) is 0 Å². The Balaban J connectivity index is 2.04. The maximum atomic E-state index is 5.69. The number of rotatable bonds is 4. The van der Waals surface area contributed by atoms with Gasteiger partial charge in [-0.25, -0.2) is 9.97 Å². The second kappa shape index (κ2) is 4.23. The van der Waals surface area contributed by atoms with Crippen molar-refractivity contribution in [3.8, 4) is 0 Å². The maximum Gasteiger partial charge on any atom is 0.144 e. The van der Waals surface area contributed by atoms with Gasteiger partial charge in [0.05, 0.1) is 4.47 Å². The molecule has 1 aliphatic carbocycles. The number of hydrogen-bond acceptors (Lipinski definition) is 4. The highest BCUT2D eigenvalue weighted by Crippen LogP contribution is 2.34. The molecule has 0 bridgehead atoms. The molecule has 1 aromatic heterocycles. The molecule has 3 N–H and O–H groups in total. The van der Waals surface area contributed by atoms with Crippen LogP contribution in [0, 0.1) is 5.92 Å². The molecule has 5 heteroatoms. The summed E-state index contributed by atoms with van der Waals surface area (Å²) in [5.41, 5.74) is 5.69. The van der Waals surface area contributed by atoms with Crippen LogP contribution in [-0.4, -0.2) is 22.6 Å². The summed E-state index contributed by atoms with van der Waals surface area (Å²) in [6.45, 7) is 0.654. The maximum absolute atomic E-state index is 5.69. The van der Waals surface area contributed by atoms with E-state index in [4.69, 9.17) is 5.73 Å². The molecule has 0 radical (unpaired) electrons. The van der Waals surface area contributed by atoms with Crippen LogP contribution in [0.4, 0.5) is 5.82 Å². The van der Waals surface area contributed by atoms with Crippen molar-refractivity contribution in [3.05, 3.63) is 17.0 Å². The molecule has 14 heavy (non-hydrogen) atoms. The lowest BCUT2D eigenvalue weighted by Gasteiger charge is -2.16. The van der Waals surface area contributed by atoms with Crippen molar-refractivity contribution < 1.29 is 0 Å². The van der Waals surface area contributed by atoms with Crippen LogP contribution in [0.3, 0.4) is 0 Å². The van der Waals surface area contributed by atoms with Crippen LogP contribution in [0.25, 0.3) is 0 Å². The fraction of sp³-hybridized carbons (Fsp3) is 0.556. The average molecular weight is 257 g/mol. The number of halogens is 1. The number of hydrogen-bond donors (Lipinski definition) is 2. The first-order valence-electron chi connectivity index (χ1n) is 4.73. The van der Waals surface area contributed by atoms with Crippen molar-refractivity contribution >= 4 is 21.7 Å². The molecule has 1 aliphatic rings. The smallest absolute Gasteiger partial charge is 0.144 e. The molecule has 1 saturated carbocycles. The fourth-order valence-corrected chi connectivity index (χ4v) is 1.80. The monoisotopic (exact) mass is 256 g/mol. The van der Waals surface area contributed by atoms with Crippen molar-refractivity contribution in [2.75, 3.05) is 11.9 Å². The zero-order chi connectivity index (χ0) is 9.97. The first-order valence-corrected chi connectivity index (χ1v) is 5.52. The third-order valence-corrected chi connectivity index (χ3v) is 3.02. The summed E-state index contributed by atoms with van der Waals surface area (Å²) in [6.07, 6.45) is 5.82. The molecular weight excluding hydrogens is 244 g/mol. The number of nitrogens with one attached hydrogen (secondary N) is 1. The molecule has 0 aromatic carbocycles. The van der Waals surface area contributed by atoms with E-state index in [0.29, 0.717) is 12.6 Å². The lowest BCUT2D eigenvalue weighted by molar-refractivity contribution is 0.641. The van der Waals surface area contributed by atoms with E-state index in [9.17, 15) is 0 Å². The van der Waals surface area contributed by atoms with E-state index in [-0.39, 0.29) is 0 Å². The highest BCUT2D eigenvalue weighted by Gasteiger charge is 2.30. The van der Waals surface area contributed by atoms with E-state index >= 15 is 0 Å². The Hall–Kier alpha value is -0.680. The summed E-state index contributed by atoms with van der Waals surface area (Å²) in [6, 6.07) is 0.348. The third kappa shape index (κ3) is 2.22. The van der Waals surface area contributed by atoms with Gasteiger partial charge in [-0.2, -0.15) is 0 Å². The Labute approximate surface area is 91.4 Å². The molecule has 1 unspecified atom stereocenters. The SMILES string of the molecule is NCC(Nc1ncncc1Br)C1CC1. The van der Waals surface area contributed by atoms with E-state index < -0.39 is 0 Å². The van der Waals surface area contributed by atoms with Gasteiger partial charge in [0, 0.05) is 18.8 Å². The van der Waals surface area contributed by atoms with E-state index in [1.165, 1.54) is 19.2 Å². The standard InChI is InChI=1S/C9H13BrN4/c10-7-4-12-5-13-9(7)14-8(3-11)6-1-2-6/h4-6,8H,1-3,11H2,(H,12,13,14). The average Bonchev–Trinajstić information content (AvgIpc) is 3.00. The van der Waals surface area contributed by atoms with Crippen LogP contribution >= 0.6 is 15.9 Å². The Morgan fingerprint density at radius 3 is 3.00 bits per heavy atom. The quantitative estimate of drug-likeness (QED) is 0.855. The normalized spacial score (nSPS) is 17.9. The number of anilines is 1. The molecule has 1 atom stereocenters. The second-order valence-electron chi connectivity index (χ2n) is 3.54. The predicted molar refractivity (Wildman–Crippen MR) is 58.9 cm³/mol. The lowest BCUT2D eigenvalue weighted by atomic mass is 10.2. The minimum absolute atomic E-state index is 0.348. The van der Waals surface area contributed by atoms with Crippen LogP contribution in [0.1, 0.15) is 12.8 Å². The van der Waals surface area contributed by atoms with Crippen molar-refractivity contribution in [2.24, 2.45) is 11.7 Å². The molecule has 0 amide bonds. The minimum atomic E-state index is 0.348. The molecule has 0 spiro atoms. The lowest BCUT2D eigenvalue weighted by Crippen LogP contribution is -2.31. The predicted octanol–water partition coefficient (Wildman–Crippen LogP) is 1.39. The Bertz CT molecular complexity index is 313. The Kier molecular flexibility index (Phi) is 2.98. The summed E-state index contributed by atoms with van der Waals surface area (Å²) in [7, 11) is 0. The van der Waals surface area contributed by atoms with Crippen molar-refractivity contribution in [1.29, 1.82) is 0 Å². The molecule has 76 valence electrons. The first-order chi connectivity index (χ1) is 6.81. The van der Waals surface area contributed by atoms with Gasteiger partial charge in [-0.1, -0.05) is 0 Å². The van der Waals surface area contributed by atoms with Gasteiger partial charge >= 0.3 is 0 Å². The molecule has 4 nitrogen and oxygen atoms in total. The molecule has 1 aromatic rings. The minimum Gasteiger partial charge on any atom is -0.365 e. The summed E-state index contributed by atoms with van der Waals surface area (Å²) < 4.78 is 0.888. The molecule has 1 heterocycles. The summed E-state index contributed by atoms with van der Waals surface area (Å²) in [4.78, 5) is 8.06. The van der Waals surface area contributed by atoms with Gasteiger partial charge < -0.3 is 11.1 Å². The second-order valence-corrected chi connectivity index (χ2v) is 4.40. The van der Waals surface area contributed by atoms with Gasteiger partial charge in [-0.15, -0.1) is 0 Å². The van der Waals surface area contributed by atoms with E-state index in [2.05, 4.69) is 31.2 Å². The molecule has 0 aliphatic heterocycles. The topological polar surface area (TPSA) is 63.8 Å². The van der Waals surface area contributed by atoms with Crippen molar-refractivity contribution in [1.82, 2.24) is 9.97 Å². The van der Waals surface area contributed by atoms with Crippen LogP contribution in [0.5, 0.6) is 0 Å². The van der Waals surface area contributed by atoms with Gasteiger partial charge in [0.25, 0.3) is 0 Å². The Morgan fingerprint density at radius 1 is 1.64 bits per heavy atom. The third-order valence-electron chi connectivity index (χ3n) is 2.43. The van der Waals surface area contributed by atoms with E-state index in [1.54, 1.807) is 6.20 Å². The van der Waals surface area contributed by atoms with Gasteiger partial charge in [-0.3, -0.25) is 0 Å². The van der Waals surface area contributed by atoms with Gasteiger partial charge in [0.2, 0.25) is 0 Å². The van der Waals surface area contributed by atoms with Gasteiger partial charge in [0.15, 0.2) is 0 Å². The van der Waals surface area contributed by atoms with E-state index in [0.717, 1.165) is 16.2 Å². The highest BCUT2D eigenvalue weighted by atomic mass is 79.9. The van der Waals surface area contributed by atoms with Gasteiger partial charge in [0.1, 0.15) is 12.1 Å². The van der Waals surface area contributed by atoms with Crippen LogP contribution in [0.15, 0.2) is 17.0 Å². The largest absolute Gasteiger partial charge is 0.365 e. The van der Waals surface area contributed by atoms with E-state index in [1.807, 2.05) is 0 Å². The first kappa shape index (κ1) is 9.86. The summed E-state index contributed by atoms with van der Waals surface area (Å²) in [5.74, 6) is 1.56. The molecule has 2 rings (SSSR count). The number of nitrogens with zero attached hydrogens (tertiary/aromatic N) is 2. The summed E-state index contributed by atoms with van der Waals surface area (Å²) in [5, 5.41) is 3.34. The zero-order valence-electron chi connectivity index (χ0n) is 7.78. The number of aromatic nitrogens is 2. The number of nitrogens with two attached hydrogens (primary N) is 1. The van der Waals surface area contributed by atoms with Crippen LogP contribution in [-0.2, 0) is 0 Å². The van der Waals surface area contributed by atoms with Crippen molar-refractivity contribution in [2.45, 2.75) is 18.9 Å². The van der Waals surface area contributed by atoms with Gasteiger partial charge in [-0.05, 0) is 34.7 Å². The zero-order valence-corrected chi connectivity index (χ0v) is 9.37. The van der Waals surface area contributed by atoms with Crippen LogP contribution in [0.2, 0.25) is 0 Å². The highest BCUT2D eigenvalue weighted by molar-refractivity contribution is 9.10. The van der Waals surface area contributed by atoms with Crippen LogP contribution < -0.4 is 11.1 Å². The molecular formula is C9H13BrN4. The fourth-order valence-electron chi connectivity index (χ4n) is 1.46. The molecule has 1 fully saturated rings. The summed E-state index contributed by atoms with van der Waals surface area (Å²) >= 11 is 3.40. The Morgan fingerprint density at radius 2 is 2.43 bits per heavy atom. The molecule has 0 saturated heterocycles.